The third-order valence-corrected chi connectivity index (χ3v) is 4.93. The van der Waals surface area contributed by atoms with Gasteiger partial charge in [0.1, 0.15) is 12.1 Å². The molecule has 9 nitrogen and oxygen atoms in total. The number of nitriles is 2. The van der Waals surface area contributed by atoms with E-state index in [1.807, 2.05) is 12.1 Å². The SMILES string of the molecule is N#Cc1c(-c2ccn(On3cccn3)n2)cc2c(c1C#N)C(=O)c1ccccc1C2=O. The number of benzene rings is 2. The Labute approximate surface area is 174 Å². The molecule has 2 aromatic carbocycles. The van der Waals surface area contributed by atoms with Gasteiger partial charge in [0.2, 0.25) is 0 Å². The molecule has 0 saturated heterocycles. The predicted molar refractivity (Wildman–Crippen MR) is 105 cm³/mol. The number of aromatic nitrogens is 4. The van der Waals surface area contributed by atoms with E-state index in [1.54, 1.807) is 36.5 Å². The Morgan fingerprint density at radius 2 is 1.55 bits per heavy atom. The van der Waals surface area contributed by atoms with Crippen molar-refractivity contribution in [3.8, 4) is 23.4 Å². The lowest BCUT2D eigenvalue weighted by Crippen LogP contribution is -2.23. The van der Waals surface area contributed by atoms with Crippen molar-refractivity contribution in [3.63, 3.8) is 0 Å². The number of hydrogen-bond acceptors (Lipinski definition) is 7. The van der Waals surface area contributed by atoms with E-state index >= 15 is 0 Å². The predicted octanol–water partition coefficient (Wildman–Crippen LogP) is 2.16. The molecule has 2 aromatic heterocycles. The molecule has 1 aliphatic rings. The molecule has 1 aliphatic carbocycles. The van der Waals surface area contributed by atoms with Crippen LogP contribution in [-0.4, -0.2) is 31.5 Å². The summed E-state index contributed by atoms with van der Waals surface area (Å²) >= 11 is 0. The zero-order valence-corrected chi connectivity index (χ0v) is 15.7. The van der Waals surface area contributed by atoms with E-state index < -0.39 is 5.78 Å². The molecule has 0 fully saturated rings. The highest BCUT2D eigenvalue weighted by atomic mass is 16.8. The standard InChI is InChI=1S/C22H10N6O3/c23-11-17-15(19-6-9-28(26-19)31-27-8-3-7-25-27)10-16-20(18(17)12-24)22(30)14-5-2-1-4-13(14)21(16)29/h1-10H. The summed E-state index contributed by atoms with van der Waals surface area (Å²) < 4.78 is 0. The molecule has 5 rings (SSSR count). The van der Waals surface area contributed by atoms with Crippen LogP contribution in [0.2, 0.25) is 0 Å². The summed E-state index contributed by atoms with van der Waals surface area (Å²) in [5.74, 6) is -0.850. The molecule has 146 valence electrons. The van der Waals surface area contributed by atoms with Gasteiger partial charge in [0.05, 0.1) is 41.0 Å². The van der Waals surface area contributed by atoms with Crippen molar-refractivity contribution in [2.75, 3.05) is 0 Å². The van der Waals surface area contributed by atoms with Crippen LogP contribution in [0.25, 0.3) is 11.3 Å². The molecule has 0 bridgehead atoms. The van der Waals surface area contributed by atoms with Crippen molar-refractivity contribution in [2.24, 2.45) is 0 Å². The quantitative estimate of drug-likeness (QED) is 0.449. The number of hydrogen-bond donors (Lipinski definition) is 0. The first-order chi connectivity index (χ1) is 15.1. The molecule has 0 spiro atoms. The molecule has 0 aliphatic heterocycles. The second-order valence-electron chi connectivity index (χ2n) is 6.62. The van der Waals surface area contributed by atoms with Gasteiger partial charge in [0.25, 0.3) is 0 Å². The molecular weight excluding hydrogens is 396 g/mol. The molecule has 31 heavy (non-hydrogen) atoms. The molecule has 0 amide bonds. The van der Waals surface area contributed by atoms with E-state index in [2.05, 4.69) is 10.2 Å². The fourth-order valence-corrected chi connectivity index (χ4v) is 3.57. The zero-order valence-electron chi connectivity index (χ0n) is 15.7. The lowest BCUT2D eigenvalue weighted by Gasteiger charge is -2.20. The van der Waals surface area contributed by atoms with Crippen molar-refractivity contribution in [3.05, 3.63) is 94.4 Å². The second kappa shape index (κ2) is 6.79. The Balaban J connectivity index is 1.70. The zero-order chi connectivity index (χ0) is 21.5. The average Bonchev–Trinajstić information content (AvgIpc) is 3.48. The van der Waals surface area contributed by atoms with Crippen molar-refractivity contribution < 1.29 is 14.5 Å². The van der Waals surface area contributed by atoms with Crippen LogP contribution in [0, 0.1) is 22.7 Å². The van der Waals surface area contributed by atoms with Crippen LogP contribution in [0.1, 0.15) is 43.0 Å². The van der Waals surface area contributed by atoms with Crippen LogP contribution in [0.4, 0.5) is 0 Å². The van der Waals surface area contributed by atoms with Crippen LogP contribution in [0.15, 0.2) is 61.1 Å². The van der Waals surface area contributed by atoms with Crippen LogP contribution in [-0.2, 0) is 0 Å². The van der Waals surface area contributed by atoms with Crippen molar-refractivity contribution >= 4 is 11.6 Å². The Kier molecular flexibility index (Phi) is 3.95. The van der Waals surface area contributed by atoms with E-state index in [9.17, 15) is 20.1 Å². The molecule has 0 saturated carbocycles. The third kappa shape index (κ3) is 2.69. The highest BCUT2D eigenvalue weighted by Gasteiger charge is 2.34. The summed E-state index contributed by atoms with van der Waals surface area (Å²) in [6.07, 6.45) is 4.59. The summed E-state index contributed by atoms with van der Waals surface area (Å²) in [5, 5.41) is 27.7. The molecule has 0 atom stereocenters. The molecule has 0 unspecified atom stereocenters. The maximum absolute atomic E-state index is 13.1. The number of ketones is 2. The largest absolute Gasteiger partial charge is 0.289 e. The smallest absolute Gasteiger partial charge is 0.195 e. The lowest BCUT2D eigenvalue weighted by molar-refractivity contribution is -0.00877. The van der Waals surface area contributed by atoms with Gasteiger partial charge < -0.3 is 0 Å². The minimum atomic E-state index is -0.461. The van der Waals surface area contributed by atoms with Gasteiger partial charge in [-0.3, -0.25) is 9.59 Å². The van der Waals surface area contributed by atoms with Gasteiger partial charge in [-0.25, -0.2) is 4.94 Å². The first kappa shape index (κ1) is 18.0. The van der Waals surface area contributed by atoms with Gasteiger partial charge in [0, 0.05) is 22.3 Å². The van der Waals surface area contributed by atoms with Crippen molar-refractivity contribution in [1.82, 2.24) is 19.9 Å². The monoisotopic (exact) mass is 406 g/mol. The molecule has 0 N–H and O–H groups in total. The Hall–Kier alpha value is -5.02. The molecular formula is C22H10N6O3. The van der Waals surface area contributed by atoms with Crippen LogP contribution in [0.5, 0.6) is 0 Å². The minimum absolute atomic E-state index is 0.0360. The summed E-state index contributed by atoms with van der Waals surface area (Å²) in [7, 11) is 0. The Morgan fingerprint density at radius 3 is 2.23 bits per heavy atom. The summed E-state index contributed by atoms with van der Waals surface area (Å²) in [5.41, 5.74) is 0.840. The van der Waals surface area contributed by atoms with Gasteiger partial charge in [-0.1, -0.05) is 34.0 Å². The molecule has 2 heterocycles. The maximum atomic E-state index is 13.1. The maximum Gasteiger partial charge on any atom is 0.195 e. The second-order valence-corrected chi connectivity index (χ2v) is 6.62. The summed E-state index contributed by atoms with van der Waals surface area (Å²) in [6, 6.07) is 15.0. The van der Waals surface area contributed by atoms with Gasteiger partial charge in [-0.15, -0.1) is 10.2 Å². The molecule has 4 aromatic rings. The van der Waals surface area contributed by atoms with Crippen LogP contribution < -0.4 is 4.94 Å². The van der Waals surface area contributed by atoms with Gasteiger partial charge >= 0.3 is 0 Å². The molecule has 0 radical (unpaired) electrons. The fraction of sp³-hybridized carbons (Fsp3) is 0. The van der Waals surface area contributed by atoms with E-state index in [-0.39, 0.29) is 44.7 Å². The number of carbonyl (C=O) groups is 2. The van der Waals surface area contributed by atoms with Crippen LogP contribution >= 0.6 is 0 Å². The summed E-state index contributed by atoms with van der Waals surface area (Å²) in [6.45, 7) is 0. The minimum Gasteiger partial charge on any atom is -0.289 e. The average molecular weight is 406 g/mol. The number of fused-ring (bicyclic) bond motifs is 2. The number of carbonyl (C=O) groups excluding carboxylic acids is 2. The van der Waals surface area contributed by atoms with Crippen molar-refractivity contribution in [1.29, 1.82) is 10.5 Å². The number of nitrogens with zero attached hydrogens (tertiary/aromatic N) is 6. The highest BCUT2D eigenvalue weighted by molar-refractivity contribution is 6.29. The van der Waals surface area contributed by atoms with Gasteiger partial charge in [-0.2, -0.15) is 10.5 Å². The lowest BCUT2D eigenvalue weighted by atomic mass is 9.79. The first-order valence-corrected chi connectivity index (χ1v) is 9.06. The molecule has 9 heteroatoms. The first-order valence-electron chi connectivity index (χ1n) is 9.06. The van der Waals surface area contributed by atoms with E-state index in [0.29, 0.717) is 5.69 Å². The van der Waals surface area contributed by atoms with E-state index in [0.717, 1.165) is 4.85 Å². The van der Waals surface area contributed by atoms with Crippen LogP contribution in [0.3, 0.4) is 0 Å². The van der Waals surface area contributed by atoms with Gasteiger partial charge in [-0.05, 0) is 18.2 Å². The Bertz CT molecular complexity index is 1470. The summed E-state index contributed by atoms with van der Waals surface area (Å²) in [4.78, 5) is 33.9. The van der Waals surface area contributed by atoms with E-state index in [4.69, 9.17) is 4.94 Å². The normalized spacial score (nSPS) is 11.9. The third-order valence-electron chi connectivity index (χ3n) is 4.93. The number of rotatable bonds is 3. The Morgan fingerprint density at radius 1 is 0.806 bits per heavy atom. The highest BCUT2D eigenvalue weighted by Crippen LogP contribution is 2.35. The van der Waals surface area contributed by atoms with Crippen molar-refractivity contribution in [2.45, 2.75) is 0 Å². The topological polar surface area (TPSA) is 127 Å². The van der Waals surface area contributed by atoms with E-state index in [1.165, 1.54) is 29.4 Å². The van der Waals surface area contributed by atoms with Gasteiger partial charge in [0.15, 0.2) is 11.6 Å². The fourth-order valence-electron chi connectivity index (χ4n) is 3.57.